The van der Waals surface area contributed by atoms with Crippen LogP contribution in [0.1, 0.15) is 42.6 Å². The second-order valence-electron chi connectivity index (χ2n) is 3.96. The minimum Gasteiger partial charge on any atom is -0.478 e. The molecule has 80 valence electrons. The predicted molar refractivity (Wildman–Crippen MR) is 61.2 cm³/mol. The van der Waals surface area contributed by atoms with Crippen molar-refractivity contribution in [3.8, 4) is 0 Å². The second-order valence-corrected chi connectivity index (χ2v) is 3.96. The van der Waals surface area contributed by atoms with Gasteiger partial charge in [-0.2, -0.15) is 0 Å². The van der Waals surface area contributed by atoms with Gasteiger partial charge in [0.1, 0.15) is 0 Å². The third-order valence-corrected chi connectivity index (χ3v) is 2.27. The Kier molecular flexibility index (Phi) is 3.67. The van der Waals surface area contributed by atoms with E-state index in [2.05, 4.69) is 26.8 Å². The lowest BCUT2D eigenvalue weighted by Gasteiger charge is -2.07. The lowest BCUT2D eigenvalue weighted by molar-refractivity contribution is 0.0697. The molecule has 1 rings (SSSR count). The van der Waals surface area contributed by atoms with E-state index in [1.807, 2.05) is 12.1 Å². The summed E-state index contributed by atoms with van der Waals surface area (Å²) >= 11 is 0. The minimum atomic E-state index is -0.878. The normalized spacial score (nSPS) is 11.9. The summed E-state index contributed by atoms with van der Waals surface area (Å²) in [7, 11) is 0. The lowest BCUT2D eigenvalue weighted by atomic mass is 9.98. The highest BCUT2D eigenvalue weighted by Crippen LogP contribution is 2.18. The first-order chi connectivity index (χ1) is 7.00. The molecule has 0 saturated carbocycles. The van der Waals surface area contributed by atoms with Crippen molar-refractivity contribution in [2.75, 3.05) is 0 Å². The van der Waals surface area contributed by atoms with Crippen LogP contribution in [0.15, 0.2) is 35.9 Å². The van der Waals surface area contributed by atoms with E-state index in [0.29, 0.717) is 11.5 Å². The fourth-order valence-corrected chi connectivity index (χ4v) is 1.53. The molecule has 0 bridgehead atoms. The van der Waals surface area contributed by atoms with Crippen molar-refractivity contribution in [1.82, 2.24) is 0 Å². The maximum Gasteiger partial charge on any atom is 0.335 e. The van der Waals surface area contributed by atoms with Gasteiger partial charge in [-0.1, -0.05) is 30.7 Å². The standard InChI is InChI=1S/C13H16O2/c1-9(2)8-10(3)11-4-6-12(7-5-11)13(14)15/h4-8,10H,1-3H3,(H,14,15). The number of benzene rings is 1. The predicted octanol–water partition coefficient (Wildman–Crippen LogP) is 3.45. The van der Waals surface area contributed by atoms with E-state index in [4.69, 9.17) is 5.11 Å². The summed E-state index contributed by atoms with van der Waals surface area (Å²) in [6, 6.07) is 7.03. The molecule has 2 nitrogen and oxygen atoms in total. The molecule has 1 aromatic rings. The molecule has 0 fully saturated rings. The zero-order valence-electron chi connectivity index (χ0n) is 9.32. The van der Waals surface area contributed by atoms with Crippen LogP contribution in [0.3, 0.4) is 0 Å². The van der Waals surface area contributed by atoms with Crippen molar-refractivity contribution >= 4 is 5.97 Å². The molecule has 0 aromatic heterocycles. The zero-order chi connectivity index (χ0) is 11.4. The summed E-state index contributed by atoms with van der Waals surface area (Å²) in [5, 5.41) is 8.75. The Morgan fingerprint density at radius 1 is 1.27 bits per heavy atom. The van der Waals surface area contributed by atoms with Gasteiger partial charge in [0.15, 0.2) is 0 Å². The average Bonchev–Trinajstić information content (AvgIpc) is 2.17. The first kappa shape index (κ1) is 11.5. The zero-order valence-corrected chi connectivity index (χ0v) is 9.32. The molecule has 1 unspecified atom stereocenters. The van der Waals surface area contributed by atoms with Gasteiger partial charge in [-0.05, 0) is 37.5 Å². The Morgan fingerprint density at radius 2 is 1.80 bits per heavy atom. The highest BCUT2D eigenvalue weighted by atomic mass is 16.4. The number of carboxylic acids is 1. The Balaban J connectivity index is 2.89. The number of hydrogen-bond acceptors (Lipinski definition) is 1. The molecule has 2 heteroatoms. The lowest BCUT2D eigenvalue weighted by Crippen LogP contribution is -1.97. The molecular formula is C13H16O2. The maximum atomic E-state index is 10.6. The van der Waals surface area contributed by atoms with Crippen molar-refractivity contribution in [2.45, 2.75) is 26.7 Å². The number of carbonyl (C=O) groups is 1. The van der Waals surface area contributed by atoms with Crippen LogP contribution in [-0.2, 0) is 0 Å². The Bertz CT molecular complexity index is 370. The molecule has 1 atom stereocenters. The number of rotatable bonds is 3. The highest BCUT2D eigenvalue weighted by molar-refractivity contribution is 5.87. The van der Waals surface area contributed by atoms with E-state index >= 15 is 0 Å². The topological polar surface area (TPSA) is 37.3 Å². The third kappa shape index (κ3) is 3.24. The first-order valence-electron chi connectivity index (χ1n) is 4.99. The third-order valence-electron chi connectivity index (χ3n) is 2.27. The van der Waals surface area contributed by atoms with E-state index in [9.17, 15) is 4.79 Å². The quantitative estimate of drug-likeness (QED) is 0.765. The van der Waals surface area contributed by atoms with Gasteiger partial charge in [0.2, 0.25) is 0 Å². The van der Waals surface area contributed by atoms with Gasteiger partial charge >= 0.3 is 5.97 Å². The fraction of sp³-hybridized carbons (Fsp3) is 0.308. The number of carboxylic acid groups (broad SMARTS) is 1. The molecule has 0 aliphatic carbocycles. The van der Waals surface area contributed by atoms with Gasteiger partial charge in [0.25, 0.3) is 0 Å². The van der Waals surface area contributed by atoms with Crippen LogP contribution in [0.2, 0.25) is 0 Å². The summed E-state index contributed by atoms with van der Waals surface area (Å²) in [5.74, 6) is -0.547. The molecule has 0 aliphatic heterocycles. The monoisotopic (exact) mass is 204 g/mol. The van der Waals surface area contributed by atoms with Crippen LogP contribution in [0.25, 0.3) is 0 Å². The molecule has 0 heterocycles. The van der Waals surface area contributed by atoms with Crippen molar-refractivity contribution < 1.29 is 9.90 Å². The molecule has 0 amide bonds. The Hall–Kier alpha value is -1.57. The summed E-state index contributed by atoms with van der Waals surface area (Å²) in [4.78, 5) is 10.6. The van der Waals surface area contributed by atoms with Crippen molar-refractivity contribution in [3.63, 3.8) is 0 Å². The molecule has 15 heavy (non-hydrogen) atoms. The maximum absolute atomic E-state index is 10.6. The van der Waals surface area contributed by atoms with Crippen LogP contribution < -0.4 is 0 Å². The molecule has 0 saturated heterocycles. The second kappa shape index (κ2) is 4.78. The molecule has 0 spiro atoms. The molecule has 0 aliphatic rings. The van der Waals surface area contributed by atoms with Crippen LogP contribution in [0.5, 0.6) is 0 Å². The molecular weight excluding hydrogens is 188 g/mol. The number of hydrogen-bond donors (Lipinski definition) is 1. The van der Waals surface area contributed by atoms with Gasteiger partial charge in [-0.15, -0.1) is 0 Å². The Labute approximate surface area is 90.3 Å². The number of aromatic carboxylic acids is 1. The van der Waals surface area contributed by atoms with E-state index in [-0.39, 0.29) is 0 Å². The number of allylic oxidation sites excluding steroid dienone is 2. The highest BCUT2D eigenvalue weighted by Gasteiger charge is 2.05. The van der Waals surface area contributed by atoms with Gasteiger partial charge in [0, 0.05) is 0 Å². The first-order valence-corrected chi connectivity index (χ1v) is 4.99. The molecule has 1 N–H and O–H groups in total. The minimum absolute atomic E-state index is 0.331. The summed E-state index contributed by atoms with van der Waals surface area (Å²) in [6.07, 6.45) is 2.16. The summed E-state index contributed by atoms with van der Waals surface area (Å²) in [6.45, 7) is 6.22. The SMILES string of the molecule is CC(C)=CC(C)c1ccc(C(=O)O)cc1. The van der Waals surface area contributed by atoms with Gasteiger partial charge in [0.05, 0.1) is 5.56 Å². The van der Waals surface area contributed by atoms with E-state index in [0.717, 1.165) is 5.56 Å². The van der Waals surface area contributed by atoms with Crippen LogP contribution >= 0.6 is 0 Å². The smallest absolute Gasteiger partial charge is 0.335 e. The van der Waals surface area contributed by atoms with Crippen molar-refractivity contribution in [3.05, 3.63) is 47.0 Å². The van der Waals surface area contributed by atoms with Crippen LogP contribution in [0.4, 0.5) is 0 Å². The average molecular weight is 204 g/mol. The van der Waals surface area contributed by atoms with Gasteiger partial charge in [-0.25, -0.2) is 4.79 Å². The van der Waals surface area contributed by atoms with Gasteiger partial charge < -0.3 is 5.11 Å². The van der Waals surface area contributed by atoms with E-state index in [1.165, 1.54) is 5.57 Å². The molecule has 1 aromatic carbocycles. The summed E-state index contributed by atoms with van der Waals surface area (Å²) in [5.41, 5.74) is 2.74. The molecule has 0 radical (unpaired) electrons. The van der Waals surface area contributed by atoms with Crippen molar-refractivity contribution in [1.29, 1.82) is 0 Å². The fourth-order valence-electron chi connectivity index (χ4n) is 1.53. The van der Waals surface area contributed by atoms with E-state index in [1.54, 1.807) is 12.1 Å². The Morgan fingerprint density at radius 3 is 2.20 bits per heavy atom. The largest absolute Gasteiger partial charge is 0.478 e. The summed E-state index contributed by atoms with van der Waals surface area (Å²) < 4.78 is 0. The van der Waals surface area contributed by atoms with Crippen LogP contribution in [0, 0.1) is 0 Å². The van der Waals surface area contributed by atoms with Crippen molar-refractivity contribution in [2.24, 2.45) is 0 Å². The van der Waals surface area contributed by atoms with E-state index < -0.39 is 5.97 Å². The van der Waals surface area contributed by atoms with Crippen LogP contribution in [-0.4, -0.2) is 11.1 Å². The van der Waals surface area contributed by atoms with Gasteiger partial charge in [-0.3, -0.25) is 0 Å².